The van der Waals surface area contributed by atoms with Gasteiger partial charge < -0.3 is 4.74 Å². The number of amides is 1. The highest BCUT2D eigenvalue weighted by molar-refractivity contribution is 7.17. The molecule has 1 aromatic heterocycles. The summed E-state index contributed by atoms with van der Waals surface area (Å²) in [6, 6.07) is 7.37. The van der Waals surface area contributed by atoms with E-state index in [0.717, 1.165) is 32.3 Å². The van der Waals surface area contributed by atoms with E-state index >= 15 is 0 Å². The molecule has 0 N–H and O–H groups in total. The van der Waals surface area contributed by atoms with Crippen LogP contribution in [0.3, 0.4) is 0 Å². The van der Waals surface area contributed by atoms with E-state index in [1.54, 1.807) is 12.1 Å². The number of methoxy groups -OCH3 is 1. The second-order valence-electron chi connectivity index (χ2n) is 5.69. The molecule has 0 bridgehead atoms. The van der Waals surface area contributed by atoms with Crippen LogP contribution in [0.2, 0.25) is 5.02 Å². The molecule has 2 aromatic rings. The second-order valence-corrected chi connectivity index (χ2v) is 7.33. The predicted octanol–water partition coefficient (Wildman–Crippen LogP) is 3.38. The molecule has 1 aromatic carbocycles. The first-order valence-corrected chi connectivity index (χ1v) is 8.89. The number of aliphatic imine (C=N–C) groups is 1. The Hall–Kier alpha value is -2.18. The fraction of sp³-hybridized carbons (Fsp3) is 0.278. The molecule has 7 heteroatoms. The number of anilines is 1. The van der Waals surface area contributed by atoms with Crippen molar-refractivity contribution in [3.05, 3.63) is 50.9 Å². The van der Waals surface area contributed by atoms with Gasteiger partial charge in [-0.15, -0.1) is 11.3 Å². The van der Waals surface area contributed by atoms with Crippen LogP contribution >= 0.6 is 22.9 Å². The van der Waals surface area contributed by atoms with Crippen molar-refractivity contribution >= 4 is 45.5 Å². The molecule has 0 fully saturated rings. The van der Waals surface area contributed by atoms with Gasteiger partial charge in [0.25, 0.3) is 0 Å². The van der Waals surface area contributed by atoms with Crippen LogP contribution in [-0.2, 0) is 14.3 Å². The zero-order valence-corrected chi connectivity index (χ0v) is 15.7. The zero-order chi connectivity index (χ0) is 18.1. The van der Waals surface area contributed by atoms with Crippen molar-refractivity contribution in [2.24, 2.45) is 4.99 Å². The van der Waals surface area contributed by atoms with Crippen LogP contribution in [0.5, 0.6) is 0 Å². The van der Waals surface area contributed by atoms with Crippen LogP contribution in [0.1, 0.15) is 21.6 Å². The van der Waals surface area contributed by atoms with Gasteiger partial charge in [-0.25, -0.2) is 0 Å². The minimum absolute atomic E-state index is 0.0190. The number of rotatable bonds is 3. The summed E-state index contributed by atoms with van der Waals surface area (Å²) < 4.78 is 4.74. The van der Waals surface area contributed by atoms with Crippen LogP contribution in [0.25, 0.3) is 0 Å². The van der Waals surface area contributed by atoms with Crippen molar-refractivity contribution in [1.29, 1.82) is 0 Å². The molecule has 25 heavy (non-hydrogen) atoms. The van der Waals surface area contributed by atoms with E-state index in [4.69, 9.17) is 16.3 Å². The van der Waals surface area contributed by atoms with Crippen molar-refractivity contribution < 1.29 is 14.3 Å². The summed E-state index contributed by atoms with van der Waals surface area (Å²) in [5.41, 5.74) is 3.58. The molecule has 0 atom stereocenters. The van der Waals surface area contributed by atoms with Crippen LogP contribution in [-0.4, -0.2) is 37.8 Å². The van der Waals surface area contributed by atoms with Gasteiger partial charge in [0.15, 0.2) is 0 Å². The van der Waals surface area contributed by atoms with Gasteiger partial charge >= 0.3 is 5.97 Å². The summed E-state index contributed by atoms with van der Waals surface area (Å²) in [5.74, 6) is -0.685. The standard InChI is InChI=1S/C18H17ClN2O3S/c1-10-11(2)25-18-16(10)17(12-4-6-13(19)7-5-12)20-8-14(22)21(18)9-15(23)24-3/h4-7H,8-9H2,1-3H3. The van der Waals surface area contributed by atoms with E-state index in [2.05, 4.69) is 4.99 Å². The first-order valence-electron chi connectivity index (χ1n) is 7.70. The van der Waals surface area contributed by atoms with Gasteiger partial charge in [-0.3, -0.25) is 19.5 Å². The molecule has 1 aliphatic heterocycles. The maximum atomic E-state index is 12.6. The quantitative estimate of drug-likeness (QED) is 0.771. The largest absolute Gasteiger partial charge is 0.468 e. The molecule has 0 aliphatic carbocycles. The number of fused-ring (bicyclic) bond motifs is 1. The van der Waals surface area contributed by atoms with Crippen LogP contribution < -0.4 is 4.90 Å². The highest BCUT2D eigenvalue weighted by Crippen LogP contribution is 2.38. The summed E-state index contributed by atoms with van der Waals surface area (Å²) in [7, 11) is 1.31. The van der Waals surface area contributed by atoms with Gasteiger partial charge in [0, 0.05) is 21.0 Å². The van der Waals surface area contributed by atoms with Gasteiger partial charge in [-0.2, -0.15) is 0 Å². The van der Waals surface area contributed by atoms with Crippen LogP contribution in [0, 0.1) is 13.8 Å². The fourth-order valence-electron chi connectivity index (χ4n) is 2.70. The third-order valence-corrected chi connectivity index (χ3v) is 5.64. The molecule has 1 amide bonds. The highest BCUT2D eigenvalue weighted by Gasteiger charge is 2.30. The number of nitrogens with zero attached hydrogens (tertiary/aromatic N) is 2. The zero-order valence-electron chi connectivity index (χ0n) is 14.1. The molecule has 0 unspecified atom stereocenters. The lowest BCUT2D eigenvalue weighted by Crippen LogP contribution is -2.37. The number of hydrogen-bond donors (Lipinski definition) is 0. The number of carbonyl (C=O) groups excluding carboxylic acids is 2. The Kier molecular flexibility index (Phi) is 4.92. The Morgan fingerprint density at radius 1 is 1.32 bits per heavy atom. The first-order chi connectivity index (χ1) is 11.9. The Labute approximate surface area is 154 Å². The van der Waals surface area contributed by atoms with E-state index in [1.165, 1.54) is 23.3 Å². The molecule has 2 heterocycles. The van der Waals surface area contributed by atoms with Crippen molar-refractivity contribution in [1.82, 2.24) is 0 Å². The normalized spacial score (nSPS) is 14.0. The van der Waals surface area contributed by atoms with Crippen molar-refractivity contribution in [2.75, 3.05) is 25.1 Å². The summed E-state index contributed by atoms with van der Waals surface area (Å²) in [5, 5.41) is 1.37. The summed E-state index contributed by atoms with van der Waals surface area (Å²) in [4.78, 5) is 31.4. The summed E-state index contributed by atoms with van der Waals surface area (Å²) in [6.07, 6.45) is 0. The average molecular weight is 377 g/mol. The monoisotopic (exact) mass is 376 g/mol. The summed E-state index contributed by atoms with van der Waals surface area (Å²) >= 11 is 7.47. The van der Waals surface area contributed by atoms with Gasteiger partial charge in [0.05, 0.1) is 12.8 Å². The Bertz CT molecular complexity index is 871. The van der Waals surface area contributed by atoms with Crippen molar-refractivity contribution in [3.63, 3.8) is 0 Å². The molecule has 3 rings (SSSR count). The molecule has 0 saturated carbocycles. The minimum Gasteiger partial charge on any atom is -0.468 e. The van der Waals surface area contributed by atoms with Crippen molar-refractivity contribution in [3.8, 4) is 0 Å². The number of aryl methyl sites for hydroxylation is 1. The number of thiophene rings is 1. The van der Waals surface area contributed by atoms with E-state index in [0.29, 0.717) is 5.02 Å². The maximum absolute atomic E-state index is 12.6. The molecular weight excluding hydrogens is 360 g/mol. The lowest BCUT2D eigenvalue weighted by atomic mass is 10.00. The SMILES string of the molecule is COC(=O)CN1C(=O)CN=C(c2ccc(Cl)cc2)c2c1sc(C)c2C. The topological polar surface area (TPSA) is 59.0 Å². The predicted molar refractivity (Wildman–Crippen MR) is 100 cm³/mol. The third-order valence-electron chi connectivity index (χ3n) is 4.15. The van der Waals surface area contributed by atoms with Crippen LogP contribution in [0.4, 0.5) is 5.00 Å². The number of carbonyl (C=O) groups is 2. The lowest BCUT2D eigenvalue weighted by molar-refractivity contribution is -0.139. The Morgan fingerprint density at radius 2 is 2.00 bits per heavy atom. The molecular formula is C18H17ClN2O3S. The smallest absolute Gasteiger partial charge is 0.325 e. The van der Waals surface area contributed by atoms with Crippen LogP contribution in [0.15, 0.2) is 29.3 Å². The molecule has 5 nitrogen and oxygen atoms in total. The number of hydrogen-bond acceptors (Lipinski definition) is 5. The molecule has 0 saturated heterocycles. The molecule has 0 spiro atoms. The van der Waals surface area contributed by atoms with Gasteiger partial charge in [-0.1, -0.05) is 23.7 Å². The summed E-state index contributed by atoms with van der Waals surface area (Å²) in [6.45, 7) is 3.86. The van der Waals surface area contributed by atoms with E-state index < -0.39 is 5.97 Å². The first kappa shape index (κ1) is 17.6. The van der Waals surface area contributed by atoms with Gasteiger partial charge in [-0.05, 0) is 31.5 Å². The maximum Gasteiger partial charge on any atom is 0.325 e. The fourth-order valence-corrected chi connectivity index (χ4v) is 4.00. The van der Waals surface area contributed by atoms with Crippen molar-refractivity contribution in [2.45, 2.75) is 13.8 Å². The lowest BCUT2D eigenvalue weighted by Gasteiger charge is -2.19. The second kappa shape index (κ2) is 6.98. The molecule has 1 aliphatic rings. The third kappa shape index (κ3) is 3.32. The average Bonchev–Trinajstić information content (AvgIpc) is 2.81. The van der Waals surface area contributed by atoms with E-state index in [-0.39, 0.29) is 19.0 Å². The number of benzene rings is 1. The molecule has 130 valence electrons. The number of esters is 1. The molecule has 0 radical (unpaired) electrons. The Morgan fingerprint density at radius 3 is 2.64 bits per heavy atom. The Balaban J connectivity index is 2.15. The van der Waals surface area contributed by atoms with Gasteiger partial charge in [0.1, 0.15) is 18.1 Å². The van der Waals surface area contributed by atoms with E-state index in [9.17, 15) is 9.59 Å². The number of ether oxygens (including phenoxy) is 1. The van der Waals surface area contributed by atoms with E-state index in [1.807, 2.05) is 26.0 Å². The van der Waals surface area contributed by atoms with Gasteiger partial charge in [0.2, 0.25) is 5.91 Å². The highest BCUT2D eigenvalue weighted by atomic mass is 35.5. The number of halogens is 1. The minimum atomic E-state index is -0.460.